The van der Waals surface area contributed by atoms with Crippen LogP contribution in [0.15, 0.2) is 140 Å². The number of thiophene rings is 2. The number of aromatic nitrogens is 3. The second-order valence-electron chi connectivity index (χ2n) is 12.3. The van der Waals surface area contributed by atoms with Gasteiger partial charge in [-0.1, -0.05) is 84.9 Å². The van der Waals surface area contributed by atoms with Gasteiger partial charge in [-0.25, -0.2) is 9.97 Å². The second-order valence-corrected chi connectivity index (χ2v) is 14.5. The van der Waals surface area contributed by atoms with Crippen molar-refractivity contribution < 1.29 is 0 Å². The fourth-order valence-electron chi connectivity index (χ4n) is 7.49. The molecular formula is C43H23N3S2. The summed E-state index contributed by atoms with van der Waals surface area (Å²) in [5.74, 6) is 0. The van der Waals surface area contributed by atoms with Crippen LogP contribution in [0, 0.1) is 0 Å². The Kier molecular flexibility index (Phi) is 5.42. The maximum atomic E-state index is 5.42. The minimum Gasteiger partial charge on any atom is -0.254 e. The summed E-state index contributed by atoms with van der Waals surface area (Å²) < 4.78 is 5.10. The van der Waals surface area contributed by atoms with Crippen molar-refractivity contribution >= 4 is 106 Å². The summed E-state index contributed by atoms with van der Waals surface area (Å²) in [5.41, 5.74) is 7.02. The molecule has 0 amide bonds. The van der Waals surface area contributed by atoms with Crippen LogP contribution in [0.25, 0.3) is 106 Å². The Labute approximate surface area is 282 Å². The molecular weight excluding hydrogens is 623 g/mol. The summed E-state index contributed by atoms with van der Waals surface area (Å²) in [7, 11) is 0. The van der Waals surface area contributed by atoms with Crippen molar-refractivity contribution in [2.24, 2.45) is 0 Å². The molecule has 6 aromatic carbocycles. The zero-order valence-electron chi connectivity index (χ0n) is 25.4. The third-order valence-corrected chi connectivity index (χ3v) is 12.0. The van der Waals surface area contributed by atoms with E-state index in [9.17, 15) is 0 Å². The lowest BCUT2D eigenvalue weighted by Crippen LogP contribution is -1.93. The number of para-hydroxylation sites is 1. The minimum atomic E-state index is 0.923. The highest BCUT2D eigenvalue weighted by molar-refractivity contribution is 7.26. The van der Waals surface area contributed by atoms with Crippen molar-refractivity contribution in [3.63, 3.8) is 0 Å². The van der Waals surface area contributed by atoms with E-state index in [1.165, 1.54) is 51.1 Å². The molecule has 48 heavy (non-hydrogen) atoms. The van der Waals surface area contributed by atoms with Crippen LogP contribution in [-0.2, 0) is 0 Å². The van der Waals surface area contributed by atoms with Gasteiger partial charge >= 0.3 is 0 Å². The molecule has 0 saturated carbocycles. The summed E-state index contributed by atoms with van der Waals surface area (Å²) in [6.07, 6.45) is 1.85. The summed E-state index contributed by atoms with van der Waals surface area (Å²) >= 11 is 3.69. The normalized spacial score (nSPS) is 12.2. The van der Waals surface area contributed by atoms with Crippen LogP contribution in [0.5, 0.6) is 0 Å². The molecule has 11 aromatic rings. The fourth-order valence-corrected chi connectivity index (χ4v) is 9.81. The molecule has 0 saturated heterocycles. The largest absolute Gasteiger partial charge is 0.254 e. The average Bonchev–Trinajstić information content (AvgIpc) is 3.72. The molecule has 5 heteroatoms. The van der Waals surface area contributed by atoms with E-state index in [1.807, 2.05) is 34.9 Å². The Bertz CT molecular complexity index is 3140. The number of pyridine rings is 3. The molecule has 11 rings (SSSR count). The summed E-state index contributed by atoms with van der Waals surface area (Å²) in [6, 6.07) is 48.0. The summed E-state index contributed by atoms with van der Waals surface area (Å²) in [6.45, 7) is 0. The second kappa shape index (κ2) is 9.88. The van der Waals surface area contributed by atoms with Crippen LogP contribution in [-0.4, -0.2) is 15.0 Å². The highest BCUT2D eigenvalue weighted by Crippen LogP contribution is 2.48. The van der Waals surface area contributed by atoms with E-state index in [0.717, 1.165) is 55.2 Å². The van der Waals surface area contributed by atoms with Gasteiger partial charge in [0, 0.05) is 84.6 Å². The molecule has 0 aliphatic carbocycles. The quantitative estimate of drug-likeness (QED) is 0.176. The number of fused-ring (bicyclic) bond motifs is 13. The van der Waals surface area contributed by atoms with Gasteiger partial charge in [-0.15, -0.1) is 22.7 Å². The number of hydrogen-bond acceptors (Lipinski definition) is 5. The minimum absolute atomic E-state index is 0.923. The predicted molar refractivity (Wildman–Crippen MR) is 207 cm³/mol. The van der Waals surface area contributed by atoms with Crippen molar-refractivity contribution in [3.8, 4) is 22.5 Å². The fraction of sp³-hybridized carbons (Fsp3) is 0. The predicted octanol–water partition coefficient (Wildman–Crippen LogP) is 12.6. The Morgan fingerprint density at radius 3 is 2.08 bits per heavy atom. The van der Waals surface area contributed by atoms with Gasteiger partial charge in [-0.3, -0.25) is 4.98 Å². The van der Waals surface area contributed by atoms with Crippen molar-refractivity contribution in [1.29, 1.82) is 0 Å². The maximum absolute atomic E-state index is 5.42. The van der Waals surface area contributed by atoms with Crippen LogP contribution >= 0.6 is 22.7 Å². The third-order valence-electron chi connectivity index (χ3n) is 9.67. The first-order chi connectivity index (χ1) is 23.8. The molecule has 0 aliphatic rings. The average molecular weight is 646 g/mol. The molecule has 0 aliphatic heterocycles. The number of hydrogen-bond donors (Lipinski definition) is 0. The first-order valence-corrected chi connectivity index (χ1v) is 17.6. The van der Waals surface area contributed by atoms with Gasteiger partial charge in [0.15, 0.2) is 0 Å². The smallest absolute Gasteiger partial charge is 0.0972 e. The summed E-state index contributed by atoms with van der Waals surface area (Å²) in [5, 5.41) is 10.8. The van der Waals surface area contributed by atoms with E-state index in [1.54, 1.807) is 0 Å². The zero-order valence-corrected chi connectivity index (χ0v) is 27.1. The molecule has 222 valence electrons. The first kappa shape index (κ1) is 26.3. The molecule has 0 fully saturated rings. The Morgan fingerprint density at radius 1 is 0.458 bits per heavy atom. The van der Waals surface area contributed by atoms with E-state index in [4.69, 9.17) is 15.0 Å². The van der Waals surface area contributed by atoms with Crippen molar-refractivity contribution in [3.05, 3.63) is 140 Å². The molecule has 5 heterocycles. The highest BCUT2D eigenvalue weighted by Gasteiger charge is 2.21. The van der Waals surface area contributed by atoms with Gasteiger partial charge in [0.1, 0.15) is 0 Å². The van der Waals surface area contributed by atoms with E-state index < -0.39 is 0 Å². The number of rotatable bonds is 2. The van der Waals surface area contributed by atoms with Gasteiger partial charge in [0.05, 0.1) is 27.9 Å². The topological polar surface area (TPSA) is 38.7 Å². The Morgan fingerprint density at radius 2 is 1.19 bits per heavy atom. The monoisotopic (exact) mass is 645 g/mol. The van der Waals surface area contributed by atoms with Crippen molar-refractivity contribution in [2.45, 2.75) is 0 Å². The molecule has 5 aromatic heterocycles. The van der Waals surface area contributed by atoms with Crippen molar-refractivity contribution in [1.82, 2.24) is 15.0 Å². The van der Waals surface area contributed by atoms with Crippen LogP contribution in [0.4, 0.5) is 0 Å². The molecule has 0 radical (unpaired) electrons. The number of benzene rings is 6. The van der Waals surface area contributed by atoms with E-state index in [0.29, 0.717) is 0 Å². The van der Waals surface area contributed by atoms with Gasteiger partial charge in [0.2, 0.25) is 0 Å². The molecule has 0 spiro atoms. The van der Waals surface area contributed by atoms with Crippen molar-refractivity contribution in [2.75, 3.05) is 0 Å². The molecule has 0 N–H and O–H groups in total. The number of nitrogens with zero attached hydrogens (tertiary/aromatic N) is 3. The zero-order chi connectivity index (χ0) is 31.3. The molecule has 0 bridgehead atoms. The lowest BCUT2D eigenvalue weighted by molar-refractivity contribution is 1.37. The molecule has 0 unspecified atom stereocenters. The molecule has 0 atom stereocenters. The summed E-state index contributed by atoms with van der Waals surface area (Å²) in [4.78, 5) is 15.5. The lowest BCUT2D eigenvalue weighted by atomic mass is 9.93. The van der Waals surface area contributed by atoms with Gasteiger partial charge in [-0.2, -0.15) is 0 Å². The van der Waals surface area contributed by atoms with E-state index >= 15 is 0 Å². The first-order valence-electron chi connectivity index (χ1n) is 16.0. The van der Waals surface area contributed by atoms with Crippen LogP contribution in [0.2, 0.25) is 0 Å². The lowest BCUT2D eigenvalue weighted by Gasteiger charge is -2.15. The standard InChI is InChI=1S/C43H23N3S2/c1-4-12-33-28(10-1)38-32(40(45-33)26-18-20-37-30(22-26)27-9-2-5-13-35(27)47-37)23-31(43-39(38)29-11-3-6-14-36(29)48-43)34-19-17-25-16-15-24-8-7-21-44-41(24)42(25)46-34/h1-23H. The van der Waals surface area contributed by atoms with Gasteiger partial charge in [-0.05, 0) is 48.5 Å². The maximum Gasteiger partial charge on any atom is 0.0972 e. The SMILES string of the molecule is c1cnc2c(c1)ccc1ccc(-c3cc4c(-c5ccc6sc7ccccc7c6c5)nc5ccccc5c4c4c3sc3ccccc34)nc12. The van der Waals surface area contributed by atoms with E-state index in [2.05, 4.69) is 127 Å². The van der Waals surface area contributed by atoms with Crippen LogP contribution in [0.3, 0.4) is 0 Å². The molecule has 3 nitrogen and oxygen atoms in total. The Balaban J connectivity index is 1.31. The Hall–Kier alpha value is -5.75. The van der Waals surface area contributed by atoms with Crippen LogP contribution < -0.4 is 0 Å². The third kappa shape index (κ3) is 3.71. The van der Waals surface area contributed by atoms with Gasteiger partial charge in [0.25, 0.3) is 0 Å². The van der Waals surface area contributed by atoms with E-state index in [-0.39, 0.29) is 0 Å². The van der Waals surface area contributed by atoms with Gasteiger partial charge < -0.3 is 0 Å². The van der Waals surface area contributed by atoms with Crippen LogP contribution in [0.1, 0.15) is 0 Å². The highest BCUT2D eigenvalue weighted by atomic mass is 32.1.